The number of carbonyl (C=O) groups is 2. The summed E-state index contributed by atoms with van der Waals surface area (Å²) >= 11 is 0. The maximum Gasteiger partial charge on any atom is 0.256 e. The summed E-state index contributed by atoms with van der Waals surface area (Å²) in [6.45, 7) is -0.710. The monoisotopic (exact) mass is 896 g/mol. The number of halogens is 2. The number of anilines is 2. The Bertz CT molecular complexity index is 2860. The highest BCUT2D eigenvalue weighted by Gasteiger charge is 2.43. The number of hydrogen-bond donors (Lipinski definition) is 5. The van der Waals surface area contributed by atoms with Gasteiger partial charge in [0, 0.05) is 17.7 Å². The molecule has 0 saturated heterocycles. The first kappa shape index (κ1) is 40.8. The molecule has 0 aromatic carbocycles. The Kier molecular flexibility index (Phi) is 9.99. The molecule has 2 fully saturated rings. The average molecular weight is 897 g/mol. The minimum atomic E-state index is -2.38. The number of carbonyl (C=O) groups excluding carboxylic acids is 2. The summed E-state index contributed by atoms with van der Waals surface area (Å²) < 4.78 is 55.0. The second-order valence-electron chi connectivity index (χ2n) is 16.9. The Morgan fingerprint density at radius 2 is 1.23 bits per heavy atom. The van der Waals surface area contributed by atoms with Gasteiger partial charge in [-0.15, -0.1) is 0 Å². The summed E-state index contributed by atoms with van der Waals surface area (Å²) in [6.07, 6.45) is 12.7. The number of amides is 2. The zero-order valence-electron chi connectivity index (χ0n) is 34.5. The molecule has 2 saturated carbocycles. The van der Waals surface area contributed by atoms with Gasteiger partial charge in [0.05, 0.1) is 68.9 Å². The lowest BCUT2D eigenvalue weighted by molar-refractivity contribution is -0.176. The first-order chi connectivity index (χ1) is 31.4. The van der Waals surface area contributed by atoms with Crippen LogP contribution in [0.25, 0.3) is 11.3 Å². The molecule has 5 N–H and O–H groups in total. The van der Waals surface area contributed by atoms with Crippen molar-refractivity contribution in [1.82, 2.24) is 49.8 Å². The predicted octanol–water partition coefficient (Wildman–Crippen LogP) is 1.45. The third-order valence-corrected chi connectivity index (χ3v) is 12.5. The molecule has 0 radical (unpaired) electrons. The molecule has 10 heterocycles. The van der Waals surface area contributed by atoms with Gasteiger partial charge in [0.25, 0.3) is 11.8 Å². The van der Waals surface area contributed by atoms with Gasteiger partial charge < -0.3 is 54.7 Å². The van der Waals surface area contributed by atoms with E-state index in [9.17, 15) is 33.7 Å². The number of aliphatic hydroxyl groups is 3. The van der Waals surface area contributed by atoms with Crippen LogP contribution in [0.15, 0.2) is 49.3 Å². The molecule has 4 bridgehead atoms. The van der Waals surface area contributed by atoms with Crippen molar-refractivity contribution in [3.8, 4) is 23.3 Å². The average Bonchev–Trinajstić information content (AvgIpc) is 4.12. The van der Waals surface area contributed by atoms with Gasteiger partial charge in [-0.25, -0.2) is 37.7 Å². The zero-order chi connectivity index (χ0) is 44.6. The van der Waals surface area contributed by atoms with Crippen LogP contribution in [-0.4, -0.2) is 129 Å². The number of β-amino-alcohol motifs (C(OH)–C–C–N with tert-alkyl or cyclic N) is 3. The fourth-order valence-corrected chi connectivity index (χ4v) is 9.38. The predicted molar refractivity (Wildman–Crippen MR) is 220 cm³/mol. The minimum absolute atomic E-state index is 0.00792. The lowest BCUT2D eigenvalue weighted by Crippen LogP contribution is -2.48. The van der Waals surface area contributed by atoms with Crippen LogP contribution >= 0.6 is 0 Å². The summed E-state index contributed by atoms with van der Waals surface area (Å²) in [5.74, 6) is -1.87. The highest BCUT2D eigenvalue weighted by atomic mass is 19.1. The topological polar surface area (TPSA) is 248 Å². The molecule has 6 aliphatic rings. The summed E-state index contributed by atoms with van der Waals surface area (Å²) in [7, 11) is 0. The normalized spacial score (nSPS) is 24.4. The fraction of sp³-hybridized carbons (Fsp3) is 0.429. The number of aromatic nitrogens is 8. The van der Waals surface area contributed by atoms with Crippen molar-refractivity contribution in [2.24, 2.45) is 0 Å². The molecule has 0 unspecified atom stereocenters. The molecule has 23 heteroatoms. The number of ether oxygens (including phenoxy) is 4. The lowest BCUT2D eigenvalue weighted by Gasteiger charge is -2.39. The second kappa shape index (κ2) is 15.9. The Hall–Kier alpha value is -6.98. The molecule has 5 atom stereocenters. The maximum atomic E-state index is 14.1. The standard InChI is InChI=1S/C21H21FN6O5.C21H21FN6O4/c22-12-4-11-7-27-14-2-1-3-15(14)33-16-8-28-17(26-18(16)27)13(6-25-28)19(29)24-9-21(30,31)10-32-20(11)23-5-12;22-12-4-11-8-27-15-2-1-3-16(15)32-17-9-28-18(26-19(17)27)14(7-25-28)20(30)23-6-13(29)10-31-21(11)24-5-12/h4-6,8,14-15,30-31H,1-3,7,9-10H2,(H,24,29);4-5,7,9,13,15-16,29H,1-3,6,8,10H2,(H,23,30)/t14-,15+;13-,15+,16-/m10/s1. The number of aliphatic hydroxyl groups excluding tert-OH is 1. The number of pyridine rings is 2. The van der Waals surface area contributed by atoms with Crippen molar-refractivity contribution in [2.45, 2.75) is 87.8 Å². The molecule has 2 amide bonds. The number of nitrogens with zero attached hydrogens (tertiary/aromatic N) is 10. The summed E-state index contributed by atoms with van der Waals surface area (Å²) in [5.41, 5.74) is 2.12. The molecule has 2 aliphatic carbocycles. The number of rotatable bonds is 0. The van der Waals surface area contributed by atoms with E-state index in [0.717, 1.165) is 50.9 Å². The molecule has 21 nitrogen and oxygen atoms in total. The quantitative estimate of drug-likeness (QED) is 0.135. The van der Waals surface area contributed by atoms with Gasteiger partial charge in [0.2, 0.25) is 17.5 Å². The van der Waals surface area contributed by atoms with Crippen LogP contribution in [0.2, 0.25) is 0 Å². The molecular weight excluding hydrogens is 855 g/mol. The highest BCUT2D eigenvalue weighted by molar-refractivity contribution is 6.00. The van der Waals surface area contributed by atoms with E-state index in [1.54, 1.807) is 12.4 Å². The van der Waals surface area contributed by atoms with E-state index in [2.05, 4.69) is 35.7 Å². The zero-order valence-corrected chi connectivity index (χ0v) is 34.5. The summed E-state index contributed by atoms with van der Waals surface area (Å²) in [6, 6.07) is 2.75. The van der Waals surface area contributed by atoms with Crippen LogP contribution in [-0.2, 0) is 13.1 Å². The third-order valence-electron chi connectivity index (χ3n) is 12.5. The first-order valence-corrected chi connectivity index (χ1v) is 21.3. The van der Waals surface area contributed by atoms with E-state index in [0.29, 0.717) is 57.7 Å². The van der Waals surface area contributed by atoms with Gasteiger partial charge in [-0.3, -0.25) is 9.59 Å². The molecule has 65 heavy (non-hydrogen) atoms. The second-order valence-corrected chi connectivity index (χ2v) is 16.9. The summed E-state index contributed by atoms with van der Waals surface area (Å²) in [5, 5.41) is 44.4. The number of nitrogens with one attached hydrogen (secondary N) is 2. The van der Waals surface area contributed by atoms with Crippen LogP contribution < -0.4 is 39.4 Å². The van der Waals surface area contributed by atoms with Crippen molar-refractivity contribution in [3.63, 3.8) is 0 Å². The van der Waals surface area contributed by atoms with E-state index in [-0.39, 0.29) is 61.3 Å². The van der Waals surface area contributed by atoms with Crippen LogP contribution in [0.5, 0.6) is 23.3 Å². The molecule has 12 rings (SSSR count). The largest absolute Gasteiger partial charge is 0.483 e. The van der Waals surface area contributed by atoms with Crippen LogP contribution in [0.1, 0.15) is 70.4 Å². The molecule has 338 valence electrons. The van der Waals surface area contributed by atoms with E-state index >= 15 is 0 Å². The van der Waals surface area contributed by atoms with Gasteiger partial charge >= 0.3 is 0 Å². The first-order valence-electron chi connectivity index (χ1n) is 21.3. The lowest BCUT2D eigenvalue weighted by atomic mass is 10.1. The smallest absolute Gasteiger partial charge is 0.256 e. The van der Waals surface area contributed by atoms with Gasteiger partial charge in [0.1, 0.15) is 54.3 Å². The summed E-state index contributed by atoms with van der Waals surface area (Å²) in [4.78, 5) is 47.2. The van der Waals surface area contributed by atoms with E-state index in [4.69, 9.17) is 28.9 Å². The molecule has 0 spiro atoms. The third kappa shape index (κ3) is 7.57. The van der Waals surface area contributed by atoms with Gasteiger partial charge in [-0.05, 0) is 50.7 Å². The fourth-order valence-electron chi connectivity index (χ4n) is 9.38. The Morgan fingerprint density at radius 1 is 0.708 bits per heavy atom. The number of fused-ring (bicyclic) bond motifs is 6. The van der Waals surface area contributed by atoms with E-state index in [1.807, 2.05) is 4.90 Å². The molecule has 6 aromatic rings. The van der Waals surface area contributed by atoms with Crippen molar-refractivity contribution >= 4 is 34.7 Å². The Labute approximate surface area is 366 Å². The highest BCUT2D eigenvalue weighted by Crippen LogP contribution is 2.44. The van der Waals surface area contributed by atoms with E-state index < -0.39 is 48.5 Å². The maximum absolute atomic E-state index is 14.1. The SMILES string of the molecule is O=C1NCC(O)(O)COc2ncc(F)cc2CN2c3nc4c1cnn4cc3O[C@H]1CCC[C@H]12.O=C1NC[C@H](O)COc2ncc(F)cc2CN2c3nc4c1cnn4cc3O[C@H]1CCC[C@H]12. The van der Waals surface area contributed by atoms with Gasteiger partial charge in [-0.2, -0.15) is 10.2 Å². The molecule has 4 aliphatic heterocycles. The van der Waals surface area contributed by atoms with Crippen LogP contribution in [0.3, 0.4) is 0 Å². The molecule has 6 aromatic heterocycles. The Morgan fingerprint density at radius 3 is 1.78 bits per heavy atom. The van der Waals surface area contributed by atoms with Crippen LogP contribution in [0, 0.1) is 11.6 Å². The van der Waals surface area contributed by atoms with Gasteiger partial charge in [-0.1, -0.05) is 0 Å². The molecular formula is C42H42F2N12O9. The number of hydrogen-bond acceptors (Lipinski definition) is 17. The van der Waals surface area contributed by atoms with Crippen molar-refractivity contribution in [3.05, 3.63) is 83.2 Å². The van der Waals surface area contributed by atoms with Crippen molar-refractivity contribution in [2.75, 3.05) is 36.1 Å². The van der Waals surface area contributed by atoms with E-state index in [1.165, 1.54) is 33.6 Å². The Balaban J connectivity index is 0.000000144. The van der Waals surface area contributed by atoms with Crippen molar-refractivity contribution < 1.29 is 52.6 Å². The van der Waals surface area contributed by atoms with Crippen LogP contribution in [0.4, 0.5) is 20.4 Å². The van der Waals surface area contributed by atoms with Gasteiger partial charge in [0.15, 0.2) is 34.4 Å². The van der Waals surface area contributed by atoms with Crippen molar-refractivity contribution in [1.29, 1.82) is 0 Å². The minimum Gasteiger partial charge on any atom is -0.483 e.